The van der Waals surface area contributed by atoms with Crippen LogP contribution in [0.15, 0.2) is 27.4 Å². The third kappa shape index (κ3) is 3.99. The van der Waals surface area contributed by atoms with Crippen molar-refractivity contribution in [3.63, 3.8) is 0 Å². The summed E-state index contributed by atoms with van der Waals surface area (Å²) in [5.74, 6) is 0.413. The topological polar surface area (TPSA) is 39.4 Å². The molecule has 2 aromatic rings. The van der Waals surface area contributed by atoms with Gasteiger partial charge < -0.3 is 9.15 Å². The fourth-order valence-electron chi connectivity index (χ4n) is 2.18. The quantitative estimate of drug-likeness (QED) is 0.489. The van der Waals surface area contributed by atoms with Crippen LogP contribution in [0.1, 0.15) is 45.1 Å². The van der Waals surface area contributed by atoms with Crippen LogP contribution >= 0.6 is 22.6 Å². The molecule has 0 atom stereocenters. The maximum atomic E-state index is 12.7. The summed E-state index contributed by atoms with van der Waals surface area (Å²) >= 11 is 2.21. The lowest BCUT2D eigenvalue weighted by Gasteiger charge is -2.10. The molecule has 114 valence electrons. The maximum Gasteiger partial charge on any atom is 0.292 e. The average molecular weight is 400 g/mol. The van der Waals surface area contributed by atoms with E-state index in [2.05, 4.69) is 36.4 Å². The fourth-order valence-corrected chi connectivity index (χ4v) is 2.67. The Morgan fingerprint density at radius 1 is 1.19 bits per heavy atom. The van der Waals surface area contributed by atoms with E-state index in [9.17, 15) is 4.79 Å². The highest BCUT2D eigenvalue weighted by Gasteiger charge is 2.15. The molecule has 0 saturated carbocycles. The summed E-state index contributed by atoms with van der Waals surface area (Å²) in [7, 11) is 0. The molecule has 0 bridgehead atoms. The fraction of sp³-hybridized carbons (Fsp3) is 0.471. The number of hydrogen-bond acceptors (Lipinski definition) is 3. The third-order valence-corrected chi connectivity index (χ3v) is 4.09. The monoisotopic (exact) mass is 400 g/mol. The van der Waals surface area contributed by atoms with Crippen molar-refractivity contribution >= 4 is 33.6 Å². The SMILES string of the molecule is CCCCOc1oc2ccc(I)cc2c(=O)c1CCCC. The van der Waals surface area contributed by atoms with Crippen molar-refractivity contribution in [1.29, 1.82) is 0 Å². The molecule has 0 aliphatic rings. The summed E-state index contributed by atoms with van der Waals surface area (Å²) in [6.45, 7) is 4.82. The lowest BCUT2D eigenvalue weighted by molar-refractivity contribution is 0.237. The Bertz CT molecular complexity index is 661. The second-order valence-corrected chi connectivity index (χ2v) is 6.39. The van der Waals surface area contributed by atoms with Gasteiger partial charge in [0.05, 0.1) is 17.6 Å². The number of halogens is 1. The third-order valence-electron chi connectivity index (χ3n) is 3.42. The Morgan fingerprint density at radius 3 is 2.67 bits per heavy atom. The van der Waals surface area contributed by atoms with Crippen molar-refractivity contribution in [3.8, 4) is 5.95 Å². The Morgan fingerprint density at radius 2 is 1.95 bits per heavy atom. The van der Waals surface area contributed by atoms with Crippen molar-refractivity contribution in [3.05, 3.63) is 37.6 Å². The van der Waals surface area contributed by atoms with Crippen LogP contribution in [0.25, 0.3) is 11.0 Å². The van der Waals surface area contributed by atoms with Crippen molar-refractivity contribution in [1.82, 2.24) is 0 Å². The van der Waals surface area contributed by atoms with Gasteiger partial charge in [-0.2, -0.15) is 0 Å². The lowest BCUT2D eigenvalue weighted by atomic mass is 10.1. The molecule has 3 nitrogen and oxygen atoms in total. The zero-order valence-corrected chi connectivity index (χ0v) is 14.7. The first-order valence-corrected chi connectivity index (χ1v) is 8.63. The number of ether oxygens (including phenoxy) is 1. The van der Waals surface area contributed by atoms with E-state index in [1.807, 2.05) is 18.2 Å². The molecule has 0 spiro atoms. The van der Waals surface area contributed by atoms with Crippen molar-refractivity contribution in [2.75, 3.05) is 6.61 Å². The minimum atomic E-state index is 0.0507. The molecule has 0 aliphatic heterocycles. The van der Waals surface area contributed by atoms with Gasteiger partial charge in [-0.25, -0.2) is 0 Å². The first-order valence-electron chi connectivity index (χ1n) is 7.55. The first kappa shape index (κ1) is 16.3. The summed E-state index contributed by atoms with van der Waals surface area (Å²) < 4.78 is 12.6. The van der Waals surface area contributed by atoms with E-state index >= 15 is 0 Å². The smallest absolute Gasteiger partial charge is 0.292 e. The van der Waals surface area contributed by atoms with Gasteiger partial charge in [0.25, 0.3) is 5.95 Å². The van der Waals surface area contributed by atoms with Crippen LogP contribution < -0.4 is 10.2 Å². The minimum Gasteiger partial charge on any atom is -0.465 e. The van der Waals surface area contributed by atoms with Gasteiger partial charge in [0.1, 0.15) is 5.58 Å². The average Bonchev–Trinajstić information content (AvgIpc) is 2.48. The summed E-state index contributed by atoms with van der Waals surface area (Å²) in [4.78, 5) is 12.7. The Kier molecular flexibility index (Phi) is 6.08. The molecule has 0 amide bonds. The summed E-state index contributed by atoms with van der Waals surface area (Å²) in [5, 5.41) is 0.649. The van der Waals surface area contributed by atoms with E-state index in [1.165, 1.54) is 0 Å². The van der Waals surface area contributed by atoms with Crippen LogP contribution in [-0.2, 0) is 6.42 Å². The predicted molar refractivity (Wildman–Crippen MR) is 94.2 cm³/mol. The molecule has 1 aromatic carbocycles. The first-order chi connectivity index (χ1) is 10.2. The van der Waals surface area contributed by atoms with Gasteiger partial charge >= 0.3 is 0 Å². The van der Waals surface area contributed by atoms with E-state index in [4.69, 9.17) is 9.15 Å². The van der Waals surface area contributed by atoms with Crippen LogP contribution in [0, 0.1) is 3.57 Å². The Hall–Kier alpha value is -1.04. The molecular formula is C17H21IO3. The minimum absolute atomic E-state index is 0.0507. The van der Waals surface area contributed by atoms with Crippen LogP contribution in [0.4, 0.5) is 0 Å². The van der Waals surface area contributed by atoms with Gasteiger partial charge in [-0.3, -0.25) is 4.79 Å². The van der Waals surface area contributed by atoms with Crippen LogP contribution in [-0.4, -0.2) is 6.61 Å². The molecule has 2 rings (SSSR count). The zero-order chi connectivity index (χ0) is 15.2. The van der Waals surface area contributed by atoms with Crippen molar-refractivity contribution in [2.24, 2.45) is 0 Å². The van der Waals surface area contributed by atoms with E-state index in [-0.39, 0.29) is 5.43 Å². The highest BCUT2D eigenvalue weighted by atomic mass is 127. The predicted octanol–water partition coefficient (Wildman–Crippen LogP) is 4.92. The summed E-state index contributed by atoms with van der Waals surface area (Å²) in [5.41, 5.74) is 1.34. The summed E-state index contributed by atoms with van der Waals surface area (Å²) in [6.07, 6.45) is 4.73. The normalized spacial score (nSPS) is 11.0. The molecule has 21 heavy (non-hydrogen) atoms. The molecule has 0 fully saturated rings. The molecule has 0 N–H and O–H groups in total. The van der Waals surface area contributed by atoms with Crippen molar-refractivity contribution < 1.29 is 9.15 Å². The molecule has 0 aliphatic carbocycles. The maximum absolute atomic E-state index is 12.7. The molecule has 1 aromatic heterocycles. The van der Waals surface area contributed by atoms with Gasteiger partial charge in [0, 0.05) is 3.57 Å². The van der Waals surface area contributed by atoms with Gasteiger partial charge in [-0.15, -0.1) is 0 Å². The van der Waals surface area contributed by atoms with Gasteiger partial charge in [-0.1, -0.05) is 26.7 Å². The highest BCUT2D eigenvalue weighted by molar-refractivity contribution is 14.1. The molecule has 0 radical (unpaired) electrons. The van der Waals surface area contributed by atoms with E-state index in [0.29, 0.717) is 35.5 Å². The Balaban J connectivity index is 2.48. The molecule has 1 heterocycles. The standard InChI is InChI=1S/C17H21IO3/c1-3-5-7-13-16(19)14-11-12(18)8-9-15(14)21-17(13)20-10-6-4-2/h8-9,11H,3-7,10H2,1-2H3. The second kappa shape index (κ2) is 7.82. The van der Waals surface area contributed by atoms with Crippen LogP contribution in [0.3, 0.4) is 0 Å². The largest absolute Gasteiger partial charge is 0.465 e. The summed E-state index contributed by atoms with van der Waals surface area (Å²) in [6, 6.07) is 5.66. The molecule has 0 unspecified atom stereocenters. The molecular weight excluding hydrogens is 379 g/mol. The highest BCUT2D eigenvalue weighted by Crippen LogP contribution is 2.25. The number of hydrogen-bond donors (Lipinski definition) is 0. The van der Waals surface area contributed by atoms with Gasteiger partial charge in [-0.05, 0) is 60.1 Å². The Labute approximate surface area is 138 Å². The zero-order valence-electron chi connectivity index (χ0n) is 12.6. The van der Waals surface area contributed by atoms with E-state index < -0.39 is 0 Å². The number of rotatable bonds is 7. The molecule has 4 heteroatoms. The van der Waals surface area contributed by atoms with Crippen molar-refractivity contribution in [2.45, 2.75) is 46.0 Å². The van der Waals surface area contributed by atoms with E-state index in [1.54, 1.807) is 0 Å². The van der Waals surface area contributed by atoms with E-state index in [0.717, 1.165) is 29.3 Å². The van der Waals surface area contributed by atoms with Gasteiger partial charge in [0.15, 0.2) is 5.43 Å². The lowest BCUT2D eigenvalue weighted by Crippen LogP contribution is -2.13. The molecule has 0 saturated heterocycles. The second-order valence-electron chi connectivity index (χ2n) is 5.14. The van der Waals surface area contributed by atoms with Crippen LogP contribution in [0.2, 0.25) is 0 Å². The number of benzene rings is 1. The van der Waals surface area contributed by atoms with Gasteiger partial charge in [0.2, 0.25) is 0 Å². The number of unbranched alkanes of at least 4 members (excludes halogenated alkanes) is 2. The number of fused-ring (bicyclic) bond motifs is 1. The van der Waals surface area contributed by atoms with Crippen LogP contribution in [0.5, 0.6) is 5.95 Å².